The first-order valence-electron chi connectivity index (χ1n) is 5.60. The van der Waals surface area contributed by atoms with Gasteiger partial charge in [-0.1, -0.05) is 6.07 Å². The summed E-state index contributed by atoms with van der Waals surface area (Å²) < 4.78 is 5.69. The van der Waals surface area contributed by atoms with Crippen LogP contribution < -0.4 is 5.73 Å². The van der Waals surface area contributed by atoms with E-state index in [0.29, 0.717) is 11.7 Å². The van der Waals surface area contributed by atoms with Crippen LogP contribution in [0.5, 0.6) is 0 Å². The van der Waals surface area contributed by atoms with Crippen LogP contribution in [0.15, 0.2) is 45.1 Å². The van der Waals surface area contributed by atoms with E-state index in [1.807, 2.05) is 35.7 Å². The molecule has 2 aromatic heterocycles. The molecule has 0 aliphatic heterocycles. The summed E-state index contributed by atoms with van der Waals surface area (Å²) in [5, 5.41) is 1.99. The zero-order valence-electron chi connectivity index (χ0n) is 9.84. The zero-order chi connectivity index (χ0) is 13.2. The van der Waals surface area contributed by atoms with Crippen LogP contribution in [0.1, 0.15) is 0 Å². The van der Waals surface area contributed by atoms with Gasteiger partial charge in [0.15, 0.2) is 5.58 Å². The van der Waals surface area contributed by atoms with E-state index in [1.165, 1.54) is 0 Å². The molecule has 0 bridgehead atoms. The Balaban J connectivity index is 2.04. The molecular formula is C13H10ClN3OS. The Morgan fingerprint density at radius 1 is 1.42 bits per heavy atom. The van der Waals surface area contributed by atoms with Crippen LogP contribution in [0, 0.1) is 0 Å². The van der Waals surface area contributed by atoms with Crippen LogP contribution in [0.25, 0.3) is 21.9 Å². The summed E-state index contributed by atoms with van der Waals surface area (Å²) in [6, 6.07) is 9.42. The third-order valence-electron chi connectivity index (χ3n) is 2.51. The van der Waals surface area contributed by atoms with Crippen molar-refractivity contribution >= 4 is 45.6 Å². The number of halogens is 1. The molecule has 0 radical (unpaired) electrons. The number of nitrogens with zero attached hydrogens (tertiary/aromatic N) is 2. The molecule has 19 heavy (non-hydrogen) atoms. The Bertz CT molecular complexity index is 734. The summed E-state index contributed by atoms with van der Waals surface area (Å²) in [5.74, 6) is 1.21. The summed E-state index contributed by atoms with van der Waals surface area (Å²) in [7, 11) is 0. The van der Waals surface area contributed by atoms with E-state index in [9.17, 15) is 0 Å². The van der Waals surface area contributed by atoms with E-state index in [-0.39, 0.29) is 5.88 Å². The molecular weight excluding hydrogens is 282 g/mol. The quantitative estimate of drug-likeness (QED) is 0.454. The maximum absolute atomic E-state index is 5.69. The molecule has 0 atom stereocenters. The van der Waals surface area contributed by atoms with Gasteiger partial charge in [0.25, 0.3) is 0 Å². The monoisotopic (exact) mass is 291 g/mol. The van der Waals surface area contributed by atoms with Gasteiger partial charge in [0.1, 0.15) is 11.4 Å². The maximum atomic E-state index is 5.69. The highest BCUT2D eigenvalue weighted by Crippen LogP contribution is 2.29. The molecule has 0 amide bonds. The molecule has 2 N–H and O–H groups in total. The van der Waals surface area contributed by atoms with Crippen molar-refractivity contribution in [3.8, 4) is 10.8 Å². The molecule has 3 aromatic rings. The number of amidine groups is 1. The Morgan fingerprint density at radius 3 is 3.05 bits per heavy atom. The van der Waals surface area contributed by atoms with Gasteiger partial charge >= 0.3 is 0 Å². The fourth-order valence-electron chi connectivity index (χ4n) is 1.69. The molecule has 0 aliphatic rings. The Labute approximate surface area is 118 Å². The lowest BCUT2D eigenvalue weighted by atomic mass is 10.3. The summed E-state index contributed by atoms with van der Waals surface area (Å²) in [6.07, 6.45) is 0. The zero-order valence-corrected chi connectivity index (χ0v) is 11.4. The first-order valence-corrected chi connectivity index (χ1v) is 7.01. The average molecular weight is 292 g/mol. The van der Waals surface area contributed by atoms with Crippen molar-refractivity contribution in [3.05, 3.63) is 35.7 Å². The molecule has 3 rings (SSSR count). The van der Waals surface area contributed by atoms with Crippen molar-refractivity contribution in [1.82, 2.24) is 4.98 Å². The lowest BCUT2D eigenvalue weighted by molar-refractivity contribution is 0.621. The van der Waals surface area contributed by atoms with Crippen molar-refractivity contribution in [3.63, 3.8) is 0 Å². The van der Waals surface area contributed by atoms with Crippen molar-refractivity contribution in [2.45, 2.75) is 0 Å². The SMILES string of the molecule is NC(CCl)=Nc1ccc2oc(-c3cccs3)nc2c1. The van der Waals surface area contributed by atoms with Crippen molar-refractivity contribution < 1.29 is 4.42 Å². The highest BCUT2D eigenvalue weighted by molar-refractivity contribution is 7.13. The predicted octanol–water partition coefficient (Wildman–Crippen LogP) is 3.78. The van der Waals surface area contributed by atoms with Crippen LogP contribution in [0.2, 0.25) is 0 Å². The van der Waals surface area contributed by atoms with Gasteiger partial charge in [-0.05, 0) is 29.6 Å². The predicted molar refractivity (Wildman–Crippen MR) is 79.3 cm³/mol. The first-order chi connectivity index (χ1) is 9.26. The molecule has 0 unspecified atom stereocenters. The molecule has 2 heterocycles. The second-order valence-electron chi connectivity index (χ2n) is 3.89. The fraction of sp³-hybridized carbons (Fsp3) is 0.0769. The number of alkyl halides is 1. The molecule has 0 aliphatic carbocycles. The number of oxazole rings is 1. The molecule has 4 nitrogen and oxygen atoms in total. The average Bonchev–Trinajstić information content (AvgIpc) is 3.06. The molecule has 0 saturated heterocycles. The van der Waals surface area contributed by atoms with E-state index in [2.05, 4.69) is 9.98 Å². The highest BCUT2D eigenvalue weighted by atomic mass is 35.5. The number of fused-ring (bicyclic) bond motifs is 1. The number of hydrogen-bond donors (Lipinski definition) is 1. The third kappa shape index (κ3) is 2.47. The summed E-state index contributed by atoms with van der Waals surface area (Å²) in [6.45, 7) is 0. The van der Waals surface area contributed by atoms with Crippen molar-refractivity contribution in [2.24, 2.45) is 10.7 Å². The number of nitrogens with two attached hydrogens (primary N) is 1. The highest BCUT2D eigenvalue weighted by Gasteiger charge is 2.09. The smallest absolute Gasteiger partial charge is 0.237 e. The lowest BCUT2D eigenvalue weighted by Crippen LogP contribution is -2.12. The topological polar surface area (TPSA) is 64.4 Å². The van der Waals surface area contributed by atoms with Crippen LogP contribution in [-0.2, 0) is 0 Å². The van der Waals surface area contributed by atoms with E-state index >= 15 is 0 Å². The molecule has 6 heteroatoms. The number of rotatable bonds is 3. The standard InChI is InChI=1S/C13H10ClN3OS/c14-7-12(15)16-8-3-4-10-9(6-8)17-13(18-10)11-2-1-5-19-11/h1-6H,7H2,(H2,15,16). The van der Waals surface area contributed by atoms with E-state index < -0.39 is 0 Å². The van der Waals surface area contributed by atoms with Crippen LogP contribution >= 0.6 is 22.9 Å². The number of benzene rings is 1. The summed E-state index contributed by atoms with van der Waals surface area (Å²) in [5.41, 5.74) is 7.81. The van der Waals surface area contributed by atoms with E-state index in [0.717, 1.165) is 21.7 Å². The van der Waals surface area contributed by atoms with Gasteiger partial charge in [0.2, 0.25) is 5.89 Å². The van der Waals surface area contributed by atoms with Crippen LogP contribution in [-0.4, -0.2) is 16.7 Å². The lowest BCUT2D eigenvalue weighted by Gasteiger charge is -1.95. The van der Waals surface area contributed by atoms with Crippen LogP contribution in [0.4, 0.5) is 5.69 Å². The Morgan fingerprint density at radius 2 is 2.32 bits per heavy atom. The molecule has 0 spiro atoms. The number of hydrogen-bond acceptors (Lipinski definition) is 4. The minimum absolute atomic E-state index is 0.206. The Kier molecular flexibility index (Phi) is 3.23. The van der Waals surface area contributed by atoms with Gasteiger partial charge in [-0.25, -0.2) is 9.98 Å². The summed E-state index contributed by atoms with van der Waals surface area (Å²) in [4.78, 5) is 9.63. The van der Waals surface area contributed by atoms with Crippen LogP contribution in [0.3, 0.4) is 0 Å². The summed E-state index contributed by atoms with van der Waals surface area (Å²) >= 11 is 7.19. The second kappa shape index (κ2) is 5.03. The molecule has 0 fully saturated rings. The fourth-order valence-corrected chi connectivity index (χ4v) is 2.40. The number of thiophene rings is 1. The van der Waals surface area contributed by atoms with Gasteiger partial charge in [-0.15, -0.1) is 22.9 Å². The molecule has 96 valence electrons. The molecule has 0 saturated carbocycles. The number of aromatic nitrogens is 1. The largest absolute Gasteiger partial charge is 0.435 e. The van der Waals surface area contributed by atoms with Crippen molar-refractivity contribution in [1.29, 1.82) is 0 Å². The van der Waals surface area contributed by atoms with Gasteiger partial charge < -0.3 is 10.2 Å². The maximum Gasteiger partial charge on any atom is 0.237 e. The number of aliphatic imine (C=N–C) groups is 1. The van der Waals surface area contributed by atoms with Gasteiger partial charge in [0.05, 0.1) is 16.4 Å². The van der Waals surface area contributed by atoms with Crippen molar-refractivity contribution in [2.75, 3.05) is 5.88 Å². The molecule has 1 aromatic carbocycles. The van der Waals surface area contributed by atoms with E-state index in [1.54, 1.807) is 11.3 Å². The normalized spacial score (nSPS) is 12.2. The van der Waals surface area contributed by atoms with E-state index in [4.69, 9.17) is 21.8 Å². The minimum atomic E-state index is 0.206. The van der Waals surface area contributed by atoms with Gasteiger partial charge in [-0.3, -0.25) is 0 Å². The third-order valence-corrected chi connectivity index (χ3v) is 3.64. The van der Waals surface area contributed by atoms with Gasteiger partial charge in [0, 0.05) is 0 Å². The Hall–Kier alpha value is -1.85. The second-order valence-corrected chi connectivity index (χ2v) is 5.10. The minimum Gasteiger partial charge on any atom is -0.435 e. The van der Waals surface area contributed by atoms with Gasteiger partial charge in [-0.2, -0.15) is 0 Å². The first kappa shape index (κ1) is 12.2.